The number of aromatic nitrogens is 1. The Bertz CT molecular complexity index is 1160. The van der Waals surface area contributed by atoms with E-state index in [9.17, 15) is 19.7 Å². The van der Waals surface area contributed by atoms with Crippen molar-refractivity contribution in [3.8, 4) is 0 Å². The molecule has 11 heteroatoms. The molecule has 0 radical (unpaired) electrons. The van der Waals surface area contributed by atoms with Crippen LogP contribution >= 0.6 is 11.5 Å². The number of non-ortho nitro benzene ring substituents is 1. The first-order chi connectivity index (χ1) is 15.4. The van der Waals surface area contributed by atoms with Gasteiger partial charge in [0.15, 0.2) is 5.00 Å². The standard InChI is InChI=1S/C21H21N5O5S/c1-3-25(10-11-31-20(28)12-14(2)27)16-6-4-15(5-7-16)22-23-21-18-13-17(26(29)30)8-9-19(18)24-32-21/h4-9,13H,3,10-12H2,1-2H3. The second kappa shape index (κ2) is 10.5. The Labute approximate surface area is 187 Å². The minimum atomic E-state index is -0.523. The van der Waals surface area contributed by atoms with Crippen LogP contribution in [0.5, 0.6) is 0 Å². The van der Waals surface area contributed by atoms with Crippen molar-refractivity contribution < 1.29 is 19.2 Å². The van der Waals surface area contributed by atoms with Gasteiger partial charge in [-0.05, 0) is 55.7 Å². The van der Waals surface area contributed by atoms with Crippen LogP contribution in [0.4, 0.5) is 22.1 Å². The number of benzene rings is 2. The van der Waals surface area contributed by atoms with Crippen molar-refractivity contribution in [1.29, 1.82) is 0 Å². The summed E-state index contributed by atoms with van der Waals surface area (Å²) in [6.45, 7) is 4.72. The Morgan fingerprint density at radius 3 is 2.59 bits per heavy atom. The van der Waals surface area contributed by atoms with Gasteiger partial charge >= 0.3 is 5.97 Å². The molecule has 0 fully saturated rings. The smallest absolute Gasteiger partial charge is 0.313 e. The van der Waals surface area contributed by atoms with Crippen LogP contribution < -0.4 is 4.90 Å². The van der Waals surface area contributed by atoms with Gasteiger partial charge in [-0.25, -0.2) is 0 Å². The molecule has 10 nitrogen and oxygen atoms in total. The van der Waals surface area contributed by atoms with Gasteiger partial charge in [0.25, 0.3) is 5.69 Å². The molecule has 0 aliphatic rings. The van der Waals surface area contributed by atoms with Gasteiger partial charge in [0.2, 0.25) is 0 Å². The predicted molar refractivity (Wildman–Crippen MR) is 121 cm³/mol. The van der Waals surface area contributed by atoms with E-state index >= 15 is 0 Å². The number of nitro groups is 1. The molecule has 0 atom stereocenters. The Morgan fingerprint density at radius 2 is 1.94 bits per heavy atom. The first-order valence-corrected chi connectivity index (χ1v) is 10.6. The van der Waals surface area contributed by atoms with Gasteiger partial charge in [-0.15, -0.1) is 10.2 Å². The number of nitrogens with zero attached hydrogens (tertiary/aromatic N) is 5. The molecule has 0 spiro atoms. The molecule has 0 aliphatic carbocycles. The van der Waals surface area contributed by atoms with Gasteiger partial charge in [0.1, 0.15) is 18.8 Å². The number of likely N-dealkylation sites (N-methyl/N-ethyl adjacent to an activating group) is 1. The summed E-state index contributed by atoms with van der Waals surface area (Å²) >= 11 is 1.13. The van der Waals surface area contributed by atoms with Crippen LogP contribution in [0.3, 0.4) is 0 Å². The van der Waals surface area contributed by atoms with E-state index < -0.39 is 10.9 Å². The first kappa shape index (κ1) is 22.9. The van der Waals surface area contributed by atoms with Gasteiger partial charge in [0, 0.05) is 29.8 Å². The molecular formula is C21H21N5O5S. The number of carbonyl (C=O) groups excluding carboxylic acids is 2. The maximum atomic E-state index is 11.5. The van der Waals surface area contributed by atoms with Crippen molar-refractivity contribution in [2.75, 3.05) is 24.6 Å². The number of hydrogen-bond acceptors (Lipinski definition) is 10. The topological polar surface area (TPSA) is 127 Å². The summed E-state index contributed by atoms with van der Waals surface area (Å²) in [4.78, 5) is 35.0. The van der Waals surface area contributed by atoms with E-state index in [2.05, 4.69) is 14.6 Å². The number of rotatable bonds is 10. The maximum absolute atomic E-state index is 11.5. The summed E-state index contributed by atoms with van der Waals surface area (Å²) in [6.07, 6.45) is -0.214. The number of ether oxygens (including phenoxy) is 1. The molecule has 32 heavy (non-hydrogen) atoms. The second-order valence-corrected chi connectivity index (χ2v) is 7.59. The highest BCUT2D eigenvalue weighted by atomic mass is 32.1. The minimum Gasteiger partial charge on any atom is -0.463 e. The van der Waals surface area contributed by atoms with E-state index in [1.165, 1.54) is 19.1 Å². The predicted octanol–water partition coefficient (Wildman–Crippen LogP) is 4.97. The van der Waals surface area contributed by atoms with Crippen molar-refractivity contribution in [1.82, 2.24) is 4.37 Å². The van der Waals surface area contributed by atoms with E-state index in [0.717, 1.165) is 17.2 Å². The maximum Gasteiger partial charge on any atom is 0.313 e. The fourth-order valence-corrected chi connectivity index (χ4v) is 3.61. The summed E-state index contributed by atoms with van der Waals surface area (Å²) in [7, 11) is 0. The van der Waals surface area contributed by atoms with Crippen LogP contribution in [0.1, 0.15) is 20.3 Å². The number of azo groups is 1. The zero-order valence-corrected chi connectivity index (χ0v) is 18.4. The van der Waals surface area contributed by atoms with Crippen LogP contribution in [-0.2, 0) is 14.3 Å². The monoisotopic (exact) mass is 455 g/mol. The summed E-state index contributed by atoms with van der Waals surface area (Å²) in [5.41, 5.74) is 2.15. The molecule has 0 N–H and O–H groups in total. The van der Waals surface area contributed by atoms with Crippen molar-refractivity contribution in [3.05, 3.63) is 52.6 Å². The SMILES string of the molecule is CCN(CCOC(=O)CC(C)=O)c1ccc(N=Nc2snc3ccc([N+](=O)[O-])cc23)cc1. The molecule has 0 aliphatic heterocycles. The lowest BCUT2D eigenvalue weighted by molar-refractivity contribution is -0.384. The third-order valence-electron chi connectivity index (χ3n) is 4.52. The number of ketones is 1. The van der Waals surface area contributed by atoms with Crippen LogP contribution in [-0.4, -0.2) is 40.7 Å². The zero-order chi connectivity index (χ0) is 23.1. The van der Waals surface area contributed by atoms with Gasteiger partial charge in [0.05, 0.1) is 22.7 Å². The Hall–Kier alpha value is -3.73. The average molecular weight is 455 g/mol. The number of carbonyl (C=O) groups is 2. The molecule has 0 bridgehead atoms. The molecule has 0 unspecified atom stereocenters. The lowest BCUT2D eigenvalue weighted by Crippen LogP contribution is -2.28. The third-order valence-corrected chi connectivity index (χ3v) is 5.28. The highest BCUT2D eigenvalue weighted by Gasteiger charge is 2.12. The van der Waals surface area contributed by atoms with Crippen LogP contribution in [0.15, 0.2) is 52.7 Å². The van der Waals surface area contributed by atoms with Gasteiger partial charge < -0.3 is 9.64 Å². The second-order valence-electron chi connectivity index (χ2n) is 6.84. The summed E-state index contributed by atoms with van der Waals surface area (Å²) < 4.78 is 9.33. The normalized spacial score (nSPS) is 11.1. The molecule has 0 amide bonds. The Kier molecular flexibility index (Phi) is 7.55. The van der Waals surface area contributed by atoms with Gasteiger partial charge in [-0.3, -0.25) is 19.7 Å². The number of esters is 1. The van der Waals surface area contributed by atoms with E-state index in [1.807, 2.05) is 24.0 Å². The van der Waals surface area contributed by atoms with E-state index in [-0.39, 0.29) is 24.5 Å². The lowest BCUT2D eigenvalue weighted by Gasteiger charge is -2.22. The molecule has 1 aromatic heterocycles. The Morgan fingerprint density at radius 1 is 1.19 bits per heavy atom. The molecule has 2 aromatic carbocycles. The quantitative estimate of drug-likeness (QED) is 0.139. The molecule has 3 aromatic rings. The fraction of sp³-hybridized carbons (Fsp3) is 0.286. The number of hydrogen-bond donors (Lipinski definition) is 0. The summed E-state index contributed by atoms with van der Waals surface area (Å²) in [6, 6.07) is 11.8. The Balaban J connectivity index is 1.65. The molecule has 0 saturated carbocycles. The zero-order valence-electron chi connectivity index (χ0n) is 17.6. The molecule has 1 heterocycles. The van der Waals surface area contributed by atoms with Crippen molar-refractivity contribution in [3.63, 3.8) is 0 Å². The largest absolute Gasteiger partial charge is 0.463 e. The van der Waals surface area contributed by atoms with Crippen LogP contribution in [0, 0.1) is 10.1 Å². The molecular weight excluding hydrogens is 434 g/mol. The van der Waals surface area contributed by atoms with E-state index in [4.69, 9.17) is 4.74 Å². The number of anilines is 1. The number of nitro benzene ring substituents is 1. The summed E-state index contributed by atoms with van der Waals surface area (Å²) in [5, 5.41) is 20.5. The van der Waals surface area contributed by atoms with Crippen molar-refractivity contribution >= 4 is 56.3 Å². The molecule has 166 valence electrons. The number of Topliss-reactive ketones (excluding diaryl/α,β-unsaturated/α-hetero) is 1. The van der Waals surface area contributed by atoms with E-state index in [1.54, 1.807) is 18.2 Å². The van der Waals surface area contributed by atoms with Crippen molar-refractivity contribution in [2.24, 2.45) is 10.2 Å². The lowest BCUT2D eigenvalue weighted by atomic mass is 10.2. The highest BCUT2D eigenvalue weighted by molar-refractivity contribution is 7.11. The van der Waals surface area contributed by atoms with Crippen LogP contribution in [0.25, 0.3) is 10.9 Å². The minimum absolute atomic E-state index is 0.0230. The molecule has 3 rings (SSSR count). The summed E-state index contributed by atoms with van der Waals surface area (Å²) in [5.74, 6) is -0.748. The molecule has 0 saturated heterocycles. The third kappa shape index (κ3) is 5.91. The first-order valence-electron chi connectivity index (χ1n) is 9.83. The average Bonchev–Trinajstić information content (AvgIpc) is 3.17. The van der Waals surface area contributed by atoms with Gasteiger partial charge in [-0.1, -0.05) is 0 Å². The highest BCUT2D eigenvalue weighted by Crippen LogP contribution is 2.34. The van der Waals surface area contributed by atoms with Gasteiger partial charge in [-0.2, -0.15) is 4.37 Å². The fourth-order valence-electron chi connectivity index (χ4n) is 2.93. The van der Waals surface area contributed by atoms with Crippen molar-refractivity contribution in [2.45, 2.75) is 20.3 Å². The number of fused-ring (bicyclic) bond motifs is 1. The van der Waals surface area contributed by atoms with Crippen LogP contribution in [0.2, 0.25) is 0 Å². The van der Waals surface area contributed by atoms with E-state index in [0.29, 0.717) is 34.7 Å².